The zero-order valence-electron chi connectivity index (χ0n) is 7.55. The highest BCUT2D eigenvalue weighted by Crippen LogP contribution is 2.65. The van der Waals surface area contributed by atoms with Crippen molar-refractivity contribution in [3.63, 3.8) is 0 Å². The van der Waals surface area contributed by atoms with E-state index in [2.05, 4.69) is 12.2 Å². The number of cyclic esters (lactones) is 2. The lowest BCUT2D eigenvalue weighted by molar-refractivity contribution is -0.154. The molecule has 6 atom stereocenters. The summed E-state index contributed by atoms with van der Waals surface area (Å²) in [5.41, 5.74) is 0. The highest BCUT2D eigenvalue weighted by molar-refractivity contribution is 5.97. The summed E-state index contributed by atoms with van der Waals surface area (Å²) in [5, 5.41) is 0. The first-order valence-corrected chi connectivity index (χ1v) is 5.21. The molecular weight excluding hydrogens is 180 g/mol. The second-order valence-electron chi connectivity index (χ2n) is 4.89. The summed E-state index contributed by atoms with van der Waals surface area (Å²) in [6.07, 6.45) is 5.48. The lowest BCUT2D eigenvalue weighted by Gasteiger charge is -2.36. The van der Waals surface area contributed by atoms with E-state index >= 15 is 0 Å². The van der Waals surface area contributed by atoms with Crippen molar-refractivity contribution in [3.05, 3.63) is 12.2 Å². The molecule has 1 aliphatic heterocycles. The van der Waals surface area contributed by atoms with Crippen LogP contribution in [0.1, 0.15) is 6.42 Å². The van der Waals surface area contributed by atoms with E-state index in [1.807, 2.05) is 0 Å². The van der Waals surface area contributed by atoms with E-state index in [4.69, 9.17) is 4.74 Å². The molecule has 14 heavy (non-hydrogen) atoms. The van der Waals surface area contributed by atoms with Gasteiger partial charge in [-0.15, -0.1) is 0 Å². The smallest absolute Gasteiger partial charge is 0.318 e. The Morgan fingerprint density at radius 3 is 2.00 bits per heavy atom. The van der Waals surface area contributed by atoms with Crippen molar-refractivity contribution in [2.45, 2.75) is 6.42 Å². The van der Waals surface area contributed by atoms with Crippen molar-refractivity contribution in [1.82, 2.24) is 0 Å². The molecular formula is C11H10O3. The number of hydrogen-bond acceptors (Lipinski definition) is 3. The van der Waals surface area contributed by atoms with Gasteiger partial charge in [-0.2, -0.15) is 0 Å². The summed E-state index contributed by atoms with van der Waals surface area (Å²) in [4.78, 5) is 23.0. The number of esters is 2. The van der Waals surface area contributed by atoms with Crippen LogP contribution in [-0.2, 0) is 14.3 Å². The van der Waals surface area contributed by atoms with Gasteiger partial charge in [0.15, 0.2) is 0 Å². The third kappa shape index (κ3) is 0.606. The lowest BCUT2D eigenvalue weighted by atomic mass is 9.63. The van der Waals surface area contributed by atoms with Gasteiger partial charge in [-0.05, 0) is 30.1 Å². The maximum Gasteiger partial charge on any atom is 0.318 e. The molecule has 0 amide bonds. The summed E-state index contributed by atoms with van der Waals surface area (Å²) in [6.45, 7) is 0. The van der Waals surface area contributed by atoms with Crippen molar-refractivity contribution in [3.8, 4) is 0 Å². The zero-order chi connectivity index (χ0) is 9.45. The molecule has 3 fully saturated rings. The maximum absolute atomic E-state index is 11.5. The molecule has 0 N–H and O–H groups in total. The summed E-state index contributed by atoms with van der Waals surface area (Å²) in [5.74, 6) is 1.12. The Hall–Kier alpha value is -1.12. The molecule has 0 aromatic carbocycles. The summed E-state index contributed by atoms with van der Waals surface area (Å²) in [6, 6.07) is 0. The molecule has 5 aliphatic rings. The minimum Gasteiger partial charge on any atom is -0.393 e. The average Bonchev–Trinajstić information content (AvgIpc) is 2.92. The Morgan fingerprint density at radius 2 is 1.50 bits per heavy atom. The number of rotatable bonds is 0. The van der Waals surface area contributed by atoms with Crippen LogP contribution in [0.15, 0.2) is 12.2 Å². The third-order valence-electron chi connectivity index (χ3n) is 4.40. The Kier molecular flexibility index (Phi) is 1.00. The van der Waals surface area contributed by atoms with Gasteiger partial charge in [0.2, 0.25) is 0 Å². The molecule has 0 aromatic rings. The van der Waals surface area contributed by atoms with Crippen LogP contribution in [0.3, 0.4) is 0 Å². The predicted octanol–water partition coefficient (Wildman–Crippen LogP) is 0.754. The van der Waals surface area contributed by atoms with Crippen molar-refractivity contribution in [1.29, 1.82) is 0 Å². The Balaban J connectivity index is 1.88. The van der Waals surface area contributed by atoms with Gasteiger partial charge in [0.1, 0.15) is 0 Å². The molecule has 2 unspecified atom stereocenters. The monoisotopic (exact) mass is 190 g/mol. The van der Waals surface area contributed by atoms with Crippen molar-refractivity contribution < 1.29 is 14.3 Å². The average molecular weight is 190 g/mol. The summed E-state index contributed by atoms with van der Waals surface area (Å²) >= 11 is 0. The van der Waals surface area contributed by atoms with E-state index in [9.17, 15) is 9.59 Å². The topological polar surface area (TPSA) is 43.4 Å². The fourth-order valence-electron chi connectivity index (χ4n) is 3.76. The molecule has 0 spiro atoms. The molecule has 5 rings (SSSR count). The minimum atomic E-state index is -0.273. The van der Waals surface area contributed by atoms with Crippen LogP contribution in [0.25, 0.3) is 0 Å². The highest BCUT2D eigenvalue weighted by atomic mass is 16.6. The van der Waals surface area contributed by atoms with Crippen LogP contribution >= 0.6 is 0 Å². The van der Waals surface area contributed by atoms with Crippen LogP contribution in [0.2, 0.25) is 0 Å². The van der Waals surface area contributed by atoms with Crippen molar-refractivity contribution in [2.24, 2.45) is 35.5 Å². The van der Waals surface area contributed by atoms with Crippen LogP contribution in [-0.4, -0.2) is 11.9 Å². The normalized spacial score (nSPS) is 56.9. The molecule has 2 bridgehead atoms. The molecule has 1 saturated heterocycles. The first-order valence-electron chi connectivity index (χ1n) is 5.21. The first-order chi connectivity index (χ1) is 6.77. The van der Waals surface area contributed by atoms with Crippen molar-refractivity contribution >= 4 is 11.9 Å². The van der Waals surface area contributed by atoms with Gasteiger partial charge in [-0.3, -0.25) is 9.59 Å². The maximum atomic E-state index is 11.5. The molecule has 0 aromatic heterocycles. The van der Waals surface area contributed by atoms with E-state index in [0.717, 1.165) is 0 Å². The molecule has 3 heteroatoms. The van der Waals surface area contributed by atoms with Gasteiger partial charge in [0.05, 0.1) is 11.8 Å². The van der Waals surface area contributed by atoms with Gasteiger partial charge in [-0.25, -0.2) is 0 Å². The van der Waals surface area contributed by atoms with Gasteiger partial charge in [0, 0.05) is 0 Å². The third-order valence-corrected chi connectivity index (χ3v) is 4.40. The minimum absolute atomic E-state index is 0.138. The molecule has 4 aliphatic carbocycles. The highest BCUT2D eigenvalue weighted by Gasteiger charge is 2.66. The van der Waals surface area contributed by atoms with E-state index in [-0.39, 0.29) is 23.8 Å². The number of carbonyl (C=O) groups excluding carboxylic acids is 2. The summed E-state index contributed by atoms with van der Waals surface area (Å²) in [7, 11) is 0. The van der Waals surface area contributed by atoms with Gasteiger partial charge in [0.25, 0.3) is 0 Å². The quantitative estimate of drug-likeness (QED) is 0.321. The fraction of sp³-hybridized carbons (Fsp3) is 0.636. The van der Waals surface area contributed by atoms with Crippen LogP contribution in [0.4, 0.5) is 0 Å². The van der Waals surface area contributed by atoms with E-state index in [1.165, 1.54) is 6.42 Å². The van der Waals surface area contributed by atoms with Crippen LogP contribution < -0.4 is 0 Å². The number of allylic oxidation sites excluding steroid dienone is 2. The molecule has 2 saturated carbocycles. The number of ether oxygens (including phenoxy) is 1. The van der Waals surface area contributed by atoms with Gasteiger partial charge < -0.3 is 4.74 Å². The Morgan fingerprint density at radius 1 is 1.00 bits per heavy atom. The van der Waals surface area contributed by atoms with Crippen molar-refractivity contribution in [2.75, 3.05) is 0 Å². The van der Waals surface area contributed by atoms with E-state index in [1.54, 1.807) is 0 Å². The second kappa shape index (κ2) is 1.95. The second-order valence-corrected chi connectivity index (χ2v) is 4.89. The van der Waals surface area contributed by atoms with E-state index < -0.39 is 0 Å². The first kappa shape index (κ1) is 7.21. The zero-order valence-corrected chi connectivity index (χ0v) is 7.55. The lowest BCUT2D eigenvalue weighted by Crippen LogP contribution is -2.40. The fourth-order valence-corrected chi connectivity index (χ4v) is 3.76. The Labute approximate surface area is 81.1 Å². The van der Waals surface area contributed by atoms with E-state index in [0.29, 0.717) is 23.7 Å². The Bertz CT molecular complexity index is 350. The number of carbonyl (C=O) groups is 2. The molecule has 3 nitrogen and oxygen atoms in total. The largest absolute Gasteiger partial charge is 0.393 e. The number of hydrogen-bond donors (Lipinski definition) is 0. The SMILES string of the molecule is O=C1OC(=O)[C@H]2[C@@H]1[C@H]1C=C[C@@H]2C2CC21. The molecule has 1 heterocycles. The van der Waals surface area contributed by atoms with Crippen LogP contribution in [0.5, 0.6) is 0 Å². The summed E-state index contributed by atoms with van der Waals surface area (Å²) < 4.78 is 4.74. The standard InChI is InChI=1S/C11H10O3/c12-10-8-4-1-2-5(7-3-6(4)7)9(8)11(13)14-10/h1-2,4-9H,3H2/t4-,5+,6?,7?,8-,9+. The van der Waals surface area contributed by atoms with Gasteiger partial charge >= 0.3 is 11.9 Å². The van der Waals surface area contributed by atoms with Crippen LogP contribution in [0, 0.1) is 35.5 Å². The molecule has 0 radical (unpaired) electrons. The van der Waals surface area contributed by atoms with Gasteiger partial charge in [-0.1, -0.05) is 12.2 Å². The molecule has 72 valence electrons. The predicted molar refractivity (Wildman–Crippen MR) is 45.8 cm³/mol.